The summed E-state index contributed by atoms with van der Waals surface area (Å²) >= 11 is 5.73. The van der Waals surface area contributed by atoms with Gasteiger partial charge in [0.15, 0.2) is 11.5 Å². The van der Waals surface area contributed by atoms with Crippen LogP contribution in [-0.2, 0) is 19.6 Å². The lowest BCUT2D eigenvalue weighted by molar-refractivity contribution is 0.187. The van der Waals surface area contributed by atoms with Gasteiger partial charge in [-0.3, -0.25) is 9.47 Å². The lowest BCUT2D eigenvalue weighted by atomic mass is 9.99. The standard InChI is InChI=1S/C22H26N4O2S/c1-15-5-6-16(2)19(9-15)25-13-23-26(22(25)29)14-24-8-7-17-10-20(27-3)21(28-4)11-18(17)12-24/h5-6,9-11,13H,7-8,12,14H2,1-4H3. The van der Waals surface area contributed by atoms with Gasteiger partial charge in [-0.05, 0) is 72.9 Å². The molecule has 3 aromatic rings. The van der Waals surface area contributed by atoms with E-state index in [0.717, 1.165) is 36.7 Å². The Labute approximate surface area is 176 Å². The van der Waals surface area contributed by atoms with Crippen molar-refractivity contribution >= 4 is 12.2 Å². The van der Waals surface area contributed by atoms with Crippen LogP contribution in [0.3, 0.4) is 0 Å². The van der Waals surface area contributed by atoms with Crippen molar-refractivity contribution in [2.45, 2.75) is 33.5 Å². The second kappa shape index (κ2) is 8.00. The largest absolute Gasteiger partial charge is 0.493 e. The number of fused-ring (bicyclic) bond motifs is 1. The summed E-state index contributed by atoms with van der Waals surface area (Å²) in [4.78, 5) is 2.35. The van der Waals surface area contributed by atoms with Gasteiger partial charge in [-0.25, -0.2) is 4.68 Å². The molecule has 4 rings (SSSR count). The lowest BCUT2D eigenvalue weighted by Crippen LogP contribution is -2.32. The molecule has 1 aliphatic rings. The molecule has 0 radical (unpaired) electrons. The van der Waals surface area contributed by atoms with Crippen molar-refractivity contribution in [2.24, 2.45) is 0 Å². The van der Waals surface area contributed by atoms with E-state index in [1.165, 1.54) is 22.3 Å². The summed E-state index contributed by atoms with van der Waals surface area (Å²) in [6, 6.07) is 10.5. The normalized spacial score (nSPS) is 13.9. The molecular formula is C22H26N4O2S. The number of aromatic nitrogens is 3. The number of hydrogen-bond acceptors (Lipinski definition) is 5. The molecule has 0 atom stereocenters. The number of ether oxygens (including phenoxy) is 2. The molecule has 0 aliphatic carbocycles. The summed E-state index contributed by atoms with van der Waals surface area (Å²) in [6.45, 7) is 6.61. The van der Waals surface area contributed by atoms with E-state index in [1.54, 1.807) is 14.2 Å². The Balaban J connectivity index is 1.57. The van der Waals surface area contributed by atoms with Gasteiger partial charge in [0.25, 0.3) is 0 Å². The van der Waals surface area contributed by atoms with Crippen LogP contribution in [-0.4, -0.2) is 40.0 Å². The third kappa shape index (κ3) is 3.80. The van der Waals surface area contributed by atoms with Crippen molar-refractivity contribution in [1.29, 1.82) is 0 Å². The molecule has 1 aromatic heterocycles. The van der Waals surface area contributed by atoms with E-state index in [1.807, 2.05) is 15.6 Å². The zero-order valence-corrected chi connectivity index (χ0v) is 18.1. The fourth-order valence-corrected chi connectivity index (χ4v) is 4.08. The quantitative estimate of drug-likeness (QED) is 0.594. The van der Waals surface area contributed by atoms with Gasteiger partial charge < -0.3 is 9.47 Å². The van der Waals surface area contributed by atoms with Crippen LogP contribution in [0.5, 0.6) is 11.5 Å². The zero-order valence-electron chi connectivity index (χ0n) is 17.3. The second-order valence-electron chi connectivity index (χ2n) is 7.49. The number of rotatable bonds is 5. The maximum Gasteiger partial charge on any atom is 0.203 e. The van der Waals surface area contributed by atoms with Crippen molar-refractivity contribution in [3.05, 3.63) is 63.7 Å². The Hall–Kier alpha value is -2.64. The Morgan fingerprint density at radius 2 is 1.76 bits per heavy atom. The van der Waals surface area contributed by atoms with Gasteiger partial charge in [0.1, 0.15) is 6.33 Å². The number of hydrogen-bond donors (Lipinski definition) is 0. The minimum absolute atomic E-state index is 0.657. The van der Waals surface area contributed by atoms with E-state index >= 15 is 0 Å². The van der Waals surface area contributed by atoms with E-state index in [9.17, 15) is 0 Å². The smallest absolute Gasteiger partial charge is 0.203 e. The van der Waals surface area contributed by atoms with Crippen molar-refractivity contribution < 1.29 is 9.47 Å². The molecule has 2 heterocycles. The van der Waals surface area contributed by atoms with Crippen LogP contribution in [0.15, 0.2) is 36.7 Å². The fraction of sp³-hybridized carbons (Fsp3) is 0.364. The van der Waals surface area contributed by atoms with Crippen molar-refractivity contribution in [3.63, 3.8) is 0 Å². The summed E-state index contributed by atoms with van der Waals surface area (Å²) in [5.74, 6) is 1.55. The molecule has 152 valence electrons. The molecule has 0 unspecified atom stereocenters. The van der Waals surface area contributed by atoms with Crippen LogP contribution in [0.4, 0.5) is 0 Å². The molecule has 0 N–H and O–H groups in total. The number of nitrogens with zero attached hydrogens (tertiary/aromatic N) is 4. The topological polar surface area (TPSA) is 44.5 Å². The van der Waals surface area contributed by atoms with Gasteiger partial charge in [0.2, 0.25) is 4.77 Å². The molecule has 0 fully saturated rings. The molecule has 1 aliphatic heterocycles. The molecule has 0 spiro atoms. The van der Waals surface area contributed by atoms with Crippen LogP contribution in [0, 0.1) is 18.6 Å². The number of aryl methyl sites for hydroxylation is 2. The second-order valence-corrected chi connectivity index (χ2v) is 7.86. The Kier molecular flexibility index (Phi) is 5.43. The zero-order chi connectivity index (χ0) is 20.5. The van der Waals surface area contributed by atoms with Gasteiger partial charge in [0.05, 0.1) is 26.6 Å². The van der Waals surface area contributed by atoms with Crippen LogP contribution < -0.4 is 9.47 Å². The number of benzene rings is 2. The maximum atomic E-state index is 5.73. The van der Waals surface area contributed by atoms with Crippen LogP contribution in [0.25, 0.3) is 5.69 Å². The number of methoxy groups -OCH3 is 2. The van der Waals surface area contributed by atoms with Gasteiger partial charge in [-0.2, -0.15) is 5.10 Å². The minimum atomic E-state index is 0.657. The predicted molar refractivity (Wildman–Crippen MR) is 116 cm³/mol. The molecule has 0 bridgehead atoms. The van der Waals surface area contributed by atoms with Crippen LogP contribution >= 0.6 is 12.2 Å². The average Bonchev–Trinajstić information content (AvgIpc) is 3.08. The van der Waals surface area contributed by atoms with E-state index in [2.05, 4.69) is 54.2 Å². The third-order valence-corrected chi connectivity index (χ3v) is 5.90. The summed E-state index contributed by atoms with van der Waals surface area (Å²) in [5.41, 5.74) is 6.04. The molecule has 7 heteroatoms. The van der Waals surface area contributed by atoms with Gasteiger partial charge in [-0.15, -0.1) is 0 Å². The monoisotopic (exact) mass is 410 g/mol. The molecular weight excluding hydrogens is 384 g/mol. The highest BCUT2D eigenvalue weighted by molar-refractivity contribution is 7.71. The minimum Gasteiger partial charge on any atom is -0.493 e. The van der Waals surface area contributed by atoms with E-state index in [0.29, 0.717) is 11.4 Å². The summed E-state index contributed by atoms with van der Waals surface area (Å²) in [6.07, 6.45) is 2.77. The molecule has 29 heavy (non-hydrogen) atoms. The first-order valence-electron chi connectivity index (χ1n) is 9.68. The van der Waals surface area contributed by atoms with Crippen molar-refractivity contribution in [1.82, 2.24) is 19.2 Å². The SMILES string of the molecule is COc1cc2c(cc1OC)CN(Cn1ncn(-c3cc(C)ccc3C)c1=S)CC2. The Morgan fingerprint density at radius 1 is 1.03 bits per heavy atom. The Bertz CT molecular complexity index is 1100. The van der Waals surface area contributed by atoms with E-state index in [-0.39, 0.29) is 0 Å². The Morgan fingerprint density at radius 3 is 2.48 bits per heavy atom. The van der Waals surface area contributed by atoms with Gasteiger partial charge in [0, 0.05) is 13.1 Å². The first-order chi connectivity index (χ1) is 14.0. The summed E-state index contributed by atoms with van der Waals surface area (Å²) in [5, 5.41) is 4.56. The van der Waals surface area contributed by atoms with Crippen LogP contribution in [0.1, 0.15) is 22.3 Å². The lowest BCUT2D eigenvalue weighted by Gasteiger charge is -2.29. The van der Waals surface area contributed by atoms with Gasteiger partial charge >= 0.3 is 0 Å². The average molecular weight is 411 g/mol. The molecule has 0 saturated carbocycles. The first kappa shape index (κ1) is 19.7. The molecule has 6 nitrogen and oxygen atoms in total. The summed E-state index contributed by atoms with van der Waals surface area (Å²) < 4.78 is 15.5. The van der Waals surface area contributed by atoms with Gasteiger partial charge in [-0.1, -0.05) is 12.1 Å². The molecule has 2 aromatic carbocycles. The highest BCUT2D eigenvalue weighted by Crippen LogP contribution is 2.33. The van der Waals surface area contributed by atoms with Crippen molar-refractivity contribution in [3.8, 4) is 17.2 Å². The first-order valence-corrected chi connectivity index (χ1v) is 10.1. The highest BCUT2D eigenvalue weighted by Gasteiger charge is 2.20. The summed E-state index contributed by atoms with van der Waals surface area (Å²) in [7, 11) is 3.34. The fourth-order valence-electron chi connectivity index (χ4n) is 3.83. The third-order valence-electron chi connectivity index (χ3n) is 5.49. The molecule has 0 amide bonds. The van der Waals surface area contributed by atoms with E-state index < -0.39 is 0 Å². The maximum absolute atomic E-state index is 5.73. The van der Waals surface area contributed by atoms with Crippen molar-refractivity contribution in [2.75, 3.05) is 20.8 Å². The highest BCUT2D eigenvalue weighted by atomic mass is 32.1. The van der Waals surface area contributed by atoms with E-state index in [4.69, 9.17) is 21.7 Å². The van der Waals surface area contributed by atoms with Crippen LogP contribution in [0.2, 0.25) is 0 Å². The predicted octanol–water partition coefficient (Wildman–Crippen LogP) is 4.05. The molecule has 0 saturated heterocycles.